The number of nitrogens with zero attached hydrogens (tertiary/aromatic N) is 3. The van der Waals surface area contributed by atoms with E-state index in [2.05, 4.69) is 26.9 Å². The van der Waals surface area contributed by atoms with Crippen molar-refractivity contribution in [3.63, 3.8) is 0 Å². The van der Waals surface area contributed by atoms with E-state index in [4.69, 9.17) is 5.21 Å². The van der Waals surface area contributed by atoms with Gasteiger partial charge in [-0.1, -0.05) is 24.3 Å². The Kier molecular flexibility index (Phi) is 5.77. The molecule has 1 aliphatic rings. The summed E-state index contributed by atoms with van der Waals surface area (Å²) in [7, 11) is 0. The highest BCUT2D eigenvalue weighted by Crippen LogP contribution is 2.23. The Balaban J connectivity index is 1.63. The number of hydrogen-bond donors (Lipinski definition) is 2. The molecule has 2 aromatic rings. The summed E-state index contributed by atoms with van der Waals surface area (Å²) in [6.07, 6.45) is 4.88. The smallest absolute Gasteiger partial charge is 0.267 e. The first-order chi connectivity index (χ1) is 12.3. The number of piperazine rings is 1. The lowest BCUT2D eigenvalue weighted by Crippen LogP contribution is -2.46. The molecule has 2 heterocycles. The predicted octanol–water partition coefficient (Wildman–Crippen LogP) is 1.92. The second kappa shape index (κ2) is 8.41. The van der Waals surface area contributed by atoms with Crippen molar-refractivity contribution in [2.45, 2.75) is 6.54 Å². The Hall–Kier alpha value is -2.70. The maximum absolute atomic E-state index is 11.2. The molecule has 6 heteroatoms. The van der Waals surface area contributed by atoms with Crippen LogP contribution in [0, 0.1) is 0 Å². The molecule has 0 saturated carbocycles. The van der Waals surface area contributed by atoms with Gasteiger partial charge in [-0.25, -0.2) is 5.48 Å². The third-order valence-electron chi connectivity index (χ3n) is 4.29. The molecule has 0 bridgehead atoms. The Morgan fingerprint density at radius 1 is 1.12 bits per heavy atom. The van der Waals surface area contributed by atoms with Crippen molar-refractivity contribution in [1.82, 2.24) is 15.4 Å². The summed E-state index contributed by atoms with van der Waals surface area (Å²) in [6, 6.07) is 14.0. The molecule has 1 aliphatic heterocycles. The number of aromatic nitrogens is 1. The number of hydroxylamine groups is 1. The largest absolute Gasteiger partial charge is 0.368 e. The number of anilines is 1. The fraction of sp³-hybridized carbons (Fsp3) is 0.263. The van der Waals surface area contributed by atoms with E-state index in [1.54, 1.807) is 11.6 Å². The molecule has 3 rings (SSSR count). The first kappa shape index (κ1) is 17.1. The van der Waals surface area contributed by atoms with Crippen molar-refractivity contribution in [3.8, 4) is 0 Å². The lowest BCUT2D eigenvalue weighted by Gasteiger charge is -2.36. The highest BCUT2D eigenvalue weighted by atomic mass is 16.5. The fourth-order valence-electron chi connectivity index (χ4n) is 2.99. The lowest BCUT2D eigenvalue weighted by molar-refractivity contribution is -0.124. The van der Waals surface area contributed by atoms with E-state index in [9.17, 15) is 4.79 Å². The molecule has 0 spiro atoms. The lowest BCUT2D eigenvalue weighted by atomic mass is 10.1. The molecule has 1 amide bonds. The highest BCUT2D eigenvalue weighted by Gasteiger charge is 2.18. The number of rotatable bonds is 5. The van der Waals surface area contributed by atoms with Gasteiger partial charge in [0.1, 0.15) is 0 Å². The van der Waals surface area contributed by atoms with Crippen molar-refractivity contribution < 1.29 is 10.0 Å². The minimum absolute atomic E-state index is 0.532. The average molecular weight is 338 g/mol. The van der Waals surface area contributed by atoms with E-state index < -0.39 is 5.91 Å². The second-order valence-corrected chi connectivity index (χ2v) is 5.95. The second-order valence-electron chi connectivity index (χ2n) is 5.95. The zero-order valence-electron chi connectivity index (χ0n) is 14.0. The van der Waals surface area contributed by atoms with Crippen LogP contribution in [-0.4, -0.2) is 47.2 Å². The Labute approximate surface area is 147 Å². The van der Waals surface area contributed by atoms with Crippen LogP contribution in [0.1, 0.15) is 11.3 Å². The van der Waals surface area contributed by atoms with Gasteiger partial charge in [0, 0.05) is 50.7 Å². The average Bonchev–Trinajstić information content (AvgIpc) is 2.68. The van der Waals surface area contributed by atoms with Gasteiger partial charge in [-0.2, -0.15) is 0 Å². The molecule has 6 nitrogen and oxygen atoms in total. The number of para-hydroxylation sites is 1. The Morgan fingerprint density at radius 3 is 2.60 bits per heavy atom. The molecular weight excluding hydrogens is 316 g/mol. The van der Waals surface area contributed by atoms with Gasteiger partial charge in [0.2, 0.25) is 0 Å². The molecule has 25 heavy (non-hydrogen) atoms. The van der Waals surface area contributed by atoms with E-state index in [-0.39, 0.29) is 0 Å². The van der Waals surface area contributed by atoms with E-state index in [1.807, 2.05) is 36.5 Å². The molecule has 2 N–H and O–H groups in total. The molecule has 0 unspecified atom stereocenters. The van der Waals surface area contributed by atoms with Gasteiger partial charge in [-0.05, 0) is 29.8 Å². The van der Waals surface area contributed by atoms with Crippen LogP contribution < -0.4 is 10.4 Å². The van der Waals surface area contributed by atoms with Crippen molar-refractivity contribution in [1.29, 1.82) is 0 Å². The summed E-state index contributed by atoms with van der Waals surface area (Å²) in [5.74, 6) is -0.532. The maximum Gasteiger partial charge on any atom is 0.267 e. The summed E-state index contributed by atoms with van der Waals surface area (Å²) in [6.45, 7) is 4.64. The predicted molar refractivity (Wildman–Crippen MR) is 97.1 cm³/mol. The molecule has 1 aromatic carbocycles. The molecule has 130 valence electrons. The minimum atomic E-state index is -0.532. The van der Waals surface area contributed by atoms with Crippen LogP contribution >= 0.6 is 0 Å². The van der Waals surface area contributed by atoms with E-state index in [1.165, 1.54) is 6.08 Å². The molecular formula is C19H22N4O2. The quantitative estimate of drug-likeness (QED) is 0.495. The first-order valence-corrected chi connectivity index (χ1v) is 8.34. The Morgan fingerprint density at radius 2 is 1.88 bits per heavy atom. The third-order valence-corrected chi connectivity index (χ3v) is 4.29. The van der Waals surface area contributed by atoms with Crippen molar-refractivity contribution in [2.24, 2.45) is 0 Å². The first-order valence-electron chi connectivity index (χ1n) is 8.34. The molecule has 1 fully saturated rings. The van der Waals surface area contributed by atoms with Crippen LogP contribution in [0.5, 0.6) is 0 Å². The molecule has 1 aromatic heterocycles. The fourth-order valence-corrected chi connectivity index (χ4v) is 2.99. The zero-order valence-corrected chi connectivity index (χ0v) is 14.0. The van der Waals surface area contributed by atoms with Crippen LogP contribution in [0.4, 0.5) is 5.69 Å². The van der Waals surface area contributed by atoms with Gasteiger partial charge in [0.05, 0.1) is 5.69 Å². The summed E-state index contributed by atoms with van der Waals surface area (Å²) < 4.78 is 0. The van der Waals surface area contributed by atoms with Crippen LogP contribution in [0.2, 0.25) is 0 Å². The third kappa shape index (κ3) is 4.65. The van der Waals surface area contributed by atoms with E-state index >= 15 is 0 Å². The number of benzene rings is 1. The van der Waals surface area contributed by atoms with Gasteiger partial charge >= 0.3 is 0 Å². The van der Waals surface area contributed by atoms with Gasteiger partial charge in [-0.3, -0.25) is 19.9 Å². The minimum Gasteiger partial charge on any atom is -0.368 e. The van der Waals surface area contributed by atoms with E-state index in [0.717, 1.165) is 49.7 Å². The molecule has 0 aliphatic carbocycles. The van der Waals surface area contributed by atoms with E-state index in [0.29, 0.717) is 0 Å². The highest BCUT2D eigenvalue weighted by molar-refractivity contribution is 5.91. The van der Waals surface area contributed by atoms with Gasteiger partial charge in [0.15, 0.2) is 0 Å². The monoisotopic (exact) mass is 338 g/mol. The summed E-state index contributed by atoms with van der Waals surface area (Å²) in [5, 5.41) is 8.61. The number of amides is 1. The summed E-state index contributed by atoms with van der Waals surface area (Å²) in [5.41, 5.74) is 4.76. The summed E-state index contributed by atoms with van der Waals surface area (Å²) >= 11 is 0. The standard InChI is InChI=1S/C19H22N4O2/c24-19(21-25)9-8-16-5-1-2-7-18(16)23-13-11-22(12-14-23)15-17-6-3-4-10-20-17/h1-10,25H,11-15H2,(H,21,24)/b9-8+. The van der Waals surface area contributed by atoms with Crippen LogP contribution in [0.15, 0.2) is 54.7 Å². The summed E-state index contributed by atoms with van der Waals surface area (Å²) in [4.78, 5) is 20.3. The van der Waals surface area contributed by atoms with Crippen LogP contribution in [0.3, 0.4) is 0 Å². The Bertz CT molecular complexity index is 725. The van der Waals surface area contributed by atoms with Gasteiger partial charge < -0.3 is 4.90 Å². The maximum atomic E-state index is 11.2. The number of nitrogens with one attached hydrogen (secondary N) is 1. The molecule has 0 radical (unpaired) electrons. The normalized spacial score (nSPS) is 15.5. The van der Waals surface area contributed by atoms with Crippen molar-refractivity contribution in [3.05, 3.63) is 66.0 Å². The molecule has 1 saturated heterocycles. The number of pyridine rings is 1. The van der Waals surface area contributed by atoms with Crippen molar-refractivity contribution >= 4 is 17.7 Å². The number of hydrogen-bond acceptors (Lipinski definition) is 5. The zero-order chi connectivity index (χ0) is 17.5. The van der Waals surface area contributed by atoms with Gasteiger partial charge in [-0.15, -0.1) is 0 Å². The number of carbonyl (C=O) groups excluding carboxylic acids is 1. The topological polar surface area (TPSA) is 68.7 Å². The SMILES string of the molecule is O=C(/C=C/c1ccccc1N1CCN(Cc2ccccn2)CC1)NO. The van der Waals surface area contributed by atoms with Crippen LogP contribution in [0.25, 0.3) is 6.08 Å². The number of carbonyl (C=O) groups is 1. The van der Waals surface area contributed by atoms with Gasteiger partial charge in [0.25, 0.3) is 5.91 Å². The van der Waals surface area contributed by atoms with Crippen LogP contribution in [-0.2, 0) is 11.3 Å². The molecule has 0 atom stereocenters. The van der Waals surface area contributed by atoms with Crippen molar-refractivity contribution in [2.75, 3.05) is 31.1 Å².